The average molecular weight is 245 g/mol. The summed E-state index contributed by atoms with van der Waals surface area (Å²) in [6, 6.07) is 0. The van der Waals surface area contributed by atoms with Crippen LogP contribution >= 0.6 is 0 Å². The van der Waals surface area contributed by atoms with Crippen molar-refractivity contribution in [3.63, 3.8) is 0 Å². The molecule has 0 aliphatic carbocycles. The Morgan fingerprint density at radius 3 is 1.35 bits per heavy atom. The quantitative estimate of drug-likeness (QED) is 0.565. The van der Waals surface area contributed by atoms with Gasteiger partial charge in [0, 0.05) is 6.10 Å². The van der Waals surface area contributed by atoms with Crippen molar-refractivity contribution in [3.05, 3.63) is 0 Å². The Balaban J connectivity index is 0. The number of nitrogens with two attached hydrogens (primary N) is 1. The van der Waals surface area contributed by atoms with Crippen molar-refractivity contribution in [2.45, 2.75) is 91.1 Å². The normalized spacial score (nSPS) is 10.2. The lowest BCUT2D eigenvalue weighted by Crippen LogP contribution is -1.97. The van der Waals surface area contributed by atoms with Gasteiger partial charge in [-0.1, -0.05) is 64.7 Å². The van der Waals surface area contributed by atoms with Gasteiger partial charge >= 0.3 is 0 Å². The molecule has 0 bridgehead atoms. The molecular formula is C15H35NO. The average Bonchev–Trinajstić information content (AvgIpc) is 2.26. The molecule has 17 heavy (non-hydrogen) atoms. The van der Waals surface area contributed by atoms with Gasteiger partial charge in [-0.05, 0) is 26.8 Å². The Bertz CT molecular complexity index is 103. The number of aliphatic hydroxyl groups excluding tert-OH is 1. The van der Waals surface area contributed by atoms with Gasteiger partial charge in [-0.15, -0.1) is 0 Å². The Kier molecular flexibility index (Phi) is 20.7. The molecule has 0 fully saturated rings. The molecule has 0 saturated heterocycles. The van der Waals surface area contributed by atoms with E-state index >= 15 is 0 Å². The van der Waals surface area contributed by atoms with Gasteiger partial charge < -0.3 is 10.8 Å². The number of hydrogen-bond donors (Lipinski definition) is 2. The Morgan fingerprint density at radius 1 is 0.765 bits per heavy atom. The van der Waals surface area contributed by atoms with Gasteiger partial charge in [-0.3, -0.25) is 0 Å². The van der Waals surface area contributed by atoms with Crippen LogP contribution in [0.5, 0.6) is 0 Å². The Morgan fingerprint density at radius 2 is 1.06 bits per heavy atom. The molecule has 0 rings (SSSR count). The predicted molar refractivity (Wildman–Crippen MR) is 78.3 cm³/mol. The largest absolute Gasteiger partial charge is 0.394 e. The van der Waals surface area contributed by atoms with E-state index in [4.69, 9.17) is 10.8 Å². The molecule has 106 valence electrons. The zero-order valence-electron chi connectivity index (χ0n) is 12.4. The Hall–Kier alpha value is -0.0800. The second-order valence-electron chi connectivity index (χ2n) is 5.06. The minimum Gasteiger partial charge on any atom is -0.394 e. The van der Waals surface area contributed by atoms with Crippen LogP contribution in [0.3, 0.4) is 0 Å². The first-order valence-corrected chi connectivity index (χ1v) is 7.53. The van der Waals surface area contributed by atoms with Gasteiger partial charge in [-0.25, -0.2) is 0 Å². The fraction of sp³-hybridized carbons (Fsp3) is 1.00. The maximum Gasteiger partial charge on any atom is 0.0483 e. The highest BCUT2D eigenvalue weighted by atomic mass is 16.3. The number of rotatable bonds is 10. The molecule has 0 saturated carbocycles. The molecule has 3 N–H and O–H groups in total. The molecule has 0 aliphatic heterocycles. The van der Waals surface area contributed by atoms with Crippen molar-refractivity contribution in [3.8, 4) is 0 Å². The molecule has 0 unspecified atom stereocenters. The lowest BCUT2D eigenvalue weighted by Gasteiger charge is -2.00. The summed E-state index contributed by atoms with van der Waals surface area (Å²) in [5.41, 5.74) is 5.42. The number of aliphatic hydroxyl groups is 1. The van der Waals surface area contributed by atoms with Crippen molar-refractivity contribution in [1.82, 2.24) is 0 Å². The smallest absolute Gasteiger partial charge is 0.0483 e. The second kappa shape index (κ2) is 18.3. The van der Waals surface area contributed by atoms with Crippen LogP contribution < -0.4 is 5.73 Å². The summed E-state index contributed by atoms with van der Waals surface area (Å²) in [7, 11) is 0. The van der Waals surface area contributed by atoms with E-state index in [0.29, 0.717) is 0 Å². The third-order valence-corrected chi connectivity index (χ3v) is 2.56. The van der Waals surface area contributed by atoms with Crippen LogP contribution in [-0.4, -0.2) is 17.8 Å². The summed E-state index contributed by atoms with van der Waals surface area (Å²) in [5.74, 6) is 0. The summed E-state index contributed by atoms with van der Waals surface area (Å²) in [6.07, 6.45) is 13.8. The maximum absolute atomic E-state index is 8.06. The van der Waals surface area contributed by atoms with Gasteiger partial charge in [0.15, 0.2) is 0 Å². The highest BCUT2D eigenvalue weighted by Crippen LogP contribution is 2.09. The van der Waals surface area contributed by atoms with Gasteiger partial charge in [0.05, 0.1) is 0 Å². The fourth-order valence-corrected chi connectivity index (χ4v) is 1.63. The van der Waals surface area contributed by atoms with Crippen molar-refractivity contribution in [1.29, 1.82) is 0 Å². The minimum absolute atomic E-state index is 0.167. The summed E-state index contributed by atoms with van der Waals surface area (Å²) >= 11 is 0. The summed E-state index contributed by atoms with van der Waals surface area (Å²) < 4.78 is 0. The molecule has 0 aromatic rings. The Labute approximate surface area is 109 Å². The van der Waals surface area contributed by atoms with E-state index in [1.165, 1.54) is 64.2 Å². The summed E-state index contributed by atoms with van der Waals surface area (Å²) in [4.78, 5) is 0. The zero-order valence-corrected chi connectivity index (χ0v) is 12.4. The molecule has 0 aliphatic rings. The molecule has 0 radical (unpaired) electrons. The van der Waals surface area contributed by atoms with E-state index in [0.717, 1.165) is 6.54 Å². The first-order chi connectivity index (χ1) is 8.15. The molecule has 0 amide bonds. The molecule has 0 aromatic carbocycles. The standard InChI is InChI=1S/C12H27N.C3H8O/c1-2-3-4-5-6-7-8-9-10-11-12-13;1-3(2)4/h2-13H2,1H3;3-4H,1-2H3. The predicted octanol–water partition coefficient (Wildman–Crippen LogP) is 4.25. The lowest BCUT2D eigenvalue weighted by molar-refractivity contribution is 0.216. The van der Waals surface area contributed by atoms with E-state index in [9.17, 15) is 0 Å². The van der Waals surface area contributed by atoms with Crippen molar-refractivity contribution in [2.75, 3.05) is 6.54 Å². The molecule has 2 nitrogen and oxygen atoms in total. The van der Waals surface area contributed by atoms with Gasteiger partial charge in [0.25, 0.3) is 0 Å². The third-order valence-electron chi connectivity index (χ3n) is 2.56. The topological polar surface area (TPSA) is 46.2 Å². The first-order valence-electron chi connectivity index (χ1n) is 7.53. The maximum atomic E-state index is 8.06. The lowest BCUT2D eigenvalue weighted by atomic mass is 10.1. The monoisotopic (exact) mass is 245 g/mol. The van der Waals surface area contributed by atoms with Crippen LogP contribution in [0.4, 0.5) is 0 Å². The zero-order chi connectivity index (χ0) is 13.4. The third kappa shape index (κ3) is 31.3. The van der Waals surface area contributed by atoms with Crippen molar-refractivity contribution >= 4 is 0 Å². The van der Waals surface area contributed by atoms with E-state index in [1.54, 1.807) is 13.8 Å². The van der Waals surface area contributed by atoms with E-state index in [-0.39, 0.29) is 6.10 Å². The van der Waals surface area contributed by atoms with Crippen LogP contribution in [0.2, 0.25) is 0 Å². The fourth-order valence-electron chi connectivity index (χ4n) is 1.63. The first kappa shape index (κ1) is 19.3. The number of hydrogen-bond acceptors (Lipinski definition) is 2. The molecule has 0 aromatic heterocycles. The van der Waals surface area contributed by atoms with Gasteiger partial charge in [0.1, 0.15) is 0 Å². The van der Waals surface area contributed by atoms with Crippen LogP contribution in [-0.2, 0) is 0 Å². The highest BCUT2D eigenvalue weighted by molar-refractivity contribution is 4.47. The molecule has 0 heterocycles. The van der Waals surface area contributed by atoms with Crippen LogP contribution in [0.25, 0.3) is 0 Å². The van der Waals surface area contributed by atoms with Crippen LogP contribution in [0, 0.1) is 0 Å². The van der Waals surface area contributed by atoms with Gasteiger partial charge in [0.2, 0.25) is 0 Å². The van der Waals surface area contributed by atoms with E-state index in [2.05, 4.69) is 6.92 Å². The van der Waals surface area contributed by atoms with Gasteiger partial charge in [-0.2, -0.15) is 0 Å². The molecule has 0 spiro atoms. The van der Waals surface area contributed by atoms with Crippen LogP contribution in [0.1, 0.15) is 85.0 Å². The van der Waals surface area contributed by atoms with E-state index in [1.807, 2.05) is 0 Å². The van der Waals surface area contributed by atoms with Crippen molar-refractivity contribution < 1.29 is 5.11 Å². The molecule has 2 heteroatoms. The van der Waals surface area contributed by atoms with Crippen LogP contribution in [0.15, 0.2) is 0 Å². The number of unbranched alkanes of at least 4 members (excludes halogenated alkanes) is 9. The molecule has 0 atom stereocenters. The molecular weight excluding hydrogens is 210 g/mol. The minimum atomic E-state index is -0.167. The highest BCUT2D eigenvalue weighted by Gasteiger charge is 1.91. The SMILES string of the molecule is CC(C)O.CCCCCCCCCCCCN. The summed E-state index contributed by atoms with van der Waals surface area (Å²) in [5, 5.41) is 8.06. The summed E-state index contributed by atoms with van der Waals surface area (Å²) in [6.45, 7) is 6.59. The van der Waals surface area contributed by atoms with Crippen molar-refractivity contribution in [2.24, 2.45) is 5.73 Å². The second-order valence-corrected chi connectivity index (χ2v) is 5.06. The van der Waals surface area contributed by atoms with E-state index < -0.39 is 0 Å².